The summed E-state index contributed by atoms with van der Waals surface area (Å²) in [5, 5.41) is 2.13. The van der Waals surface area contributed by atoms with Crippen LogP contribution < -0.4 is 9.64 Å². The molecule has 0 aliphatic carbocycles. The number of nitrogens with zero attached hydrogens (tertiary/aromatic N) is 4. The molecule has 1 saturated heterocycles. The van der Waals surface area contributed by atoms with Crippen LogP contribution in [0.5, 0.6) is 5.75 Å². The molecule has 1 aliphatic rings. The van der Waals surface area contributed by atoms with E-state index in [9.17, 15) is 4.79 Å². The summed E-state index contributed by atoms with van der Waals surface area (Å²) in [6, 6.07) is 15.9. The van der Waals surface area contributed by atoms with E-state index < -0.39 is 0 Å². The van der Waals surface area contributed by atoms with Crippen molar-refractivity contribution in [1.82, 2.24) is 14.9 Å². The molecule has 27 heavy (non-hydrogen) atoms. The third-order valence-electron chi connectivity index (χ3n) is 4.85. The van der Waals surface area contributed by atoms with E-state index >= 15 is 0 Å². The Balaban J connectivity index is 1.34. The molecule has 0 unspecified atom stereocenters. The number of carbonyl (C=O) groups is 1. The van der Waals surface area contributed by atoms with Gasteiger partial charge in [-0.1, -0.05) is 36.4 Å². The molecule has 6 heteroatoms. The lowest BCUT2D eigenvalue weighted by Gasteiger charge is -2.35. The number of rotatable bonds is 4. The van der Waals surface area contributed by atoms with Gasteiger partial charge in [0.05, 0.1) is 0 Å². The number of hydrogen-bond donors (Lipinski definition) is 0. The summed E-state index contributed by atoms with van der Waals surface area (Å²) in [7, 11) is 0. The molecule has 0 saturated carbocycles. The number of ether oxygens (including phenoxy) is 1. The van der Waals surface area contributed by atoms with Crippen LogP contribution in [0.3, 0.4) is 0 Å². The van der Waals surface area contributed by atoms with Gasteiger partial charge in [0.15, 0.2) is 6.61 Å². The molecule has 0 bridgehead atoms. The average Bonchev–Trinajstić information content (AvgIpc) is 2.72. The van der Waals surface area contributed by atoms with Crippen LogP contribution >= 0.6 is 0 Å². The van der Waals surface area contributed by atoms with Crippen molar-refractivity contribution >= 4 is 22.5 Å². The largest absolute Gasteiger partial charge is 0.483 e. The first kappa shape index (κ1) is 17.3. The van der Waals surface area contributed by atoms with E-state index in [0.717, 1.165) is 41.1 Å². The molecule has 4 rings (SSSR count). The van der Waals surface area contributed by atoms with Crippen LogP contribution in [0.25, 0.3) is 10.8 Å². The van der Waals surface area contributed by atoms with E-state index in [1.165, 1.54) is 0 Å². The molecule has 1 fully saturated rings. The predicted octanol–water partition coefficient (Wildman–Crippen LogP) is 2.67. The van der Waals surface area contributed by atoms with Gasteiger partial charge in [-0.3, -0.25) is 4.79 Å². The summed E-state index contributed by atoms with van der Waals surface area (Å²) in [6.45, 7) is 4.87. The summed E-state index contributed by atoms with van der Waals surface area (Å²) >= 11 is 0. The molecule has 2 aromatic carbocycles. The molecule has 138 valence electrons. The highest BCUT2D eigenvalue weighted by atomic mass is 16.5. The summed E-state index contributed by atoms with van der Waals surface area (Å²) in [5.41, 5.74) is 0.946. The summed E-state index contributed by atoms with van der Waals surface area (Å²) in [6.07, 6.45) is 1.58. The van der Waals surface area contributed by atoms with Crippen molar-refractivity contribution in [2.75, 3.05) is 37.7 Å². The van der Waals surface area contributed by atoms with Crippen LogP contribution in [0.2, 0.25) is 0 Å². The molecule has 0 N–H and O–H groups in total. The van der Waals surface area contributed by atoms with E-state index in [1.807, 2.05) is 60.4 Å². The Morgan fingerprint density at radius 1 is 1.04 bits per heavy atom. The molecule has 0 atom stereocenters. The van der Waals surface area contributed by atoms with Gasteiger partial charge in [0, 0.05) is 43.3 Å². The van der Waals surface area contributed by atoms with E-state index in [0.29, 0.717) is 13.1 Å². The number of benzene rings is 2. The second kappa shape index (κ2) is 7.61. The van der Waals surface area contributed by atoms with Gasteiger partial charge in [-0.15, -0.1) is 0 Å². The molecule has 6 nitrogen and oxygen atoms in total. The van der Waals surface area contributed by atoms with Crippen molar-refractivity contribution in [2.24, 2.45) is 0 Å². The quantitative estimate of drug-likeness (QED) is 0.714. The normalized spacial score (nSPS) is 14.4. The fourth-order valence-electron chi connectivity index (χ4n) is 3.35. The Hall–Kier alpha value is -3.15. The van der Waals surface area contributed by atoms with E-state index in [1.54, 1.807) is 6.33 Å². The maximum atomic E-state index is 12.6. The number of amides is 1. The van der Waals surface area contributed by atoms with Crippen molar-refractivity contribution < 1.29 is 9.53 Å². The molecule has 0 spiro atoms. The molecular formula is C21H22N4O2. The van der Waals surface area contributed by atoms with Crippen LogP contribution in [0.1, 0.15) is 5.69 Å². The first-order chi connectivity index (χ1) is 13.2. The van der Waals surface area contributed by atoms with Gasteiger partial charge in [-0.2, -0.15) is 0 Å². The summed E-state index contributed by atoms with van der Waals surface area (Å²) in [4.78, 5) is 25.1. The lowest BCUT2D eigenvalue weighted by molar-refractivity contribution is -0.133. The second-order valence-corrected chi connectivity index (χ2v) is 6.65. The Labute approximate surface area is 158 Å². The Kier molecular flexibility index (Phi) is 4.87. The van der Waals surface area contributed by atoms with E-state index in [2.05, 4.69) is 14.9 Å². The van der Waals surface area contributed by atoms with E-state index in [-0.39, 0.29) is 12.5 Å². The molecule has 1 amide bonds. The van der Waals surface area contributed by atoms with Crippen molar-refractivity contribution in [3.05, 3.63) is 60.6 Å². The number of carbonyl (C=O) groups excluding carboxylic acids is 1. The van der Waals surface area contributed by atoms with Gasteiger partial charge < -0.3 is 14.5 Å². The Morgan fingerprint density at radius 2 is 1.81 bits per heavy atom. The first-order valence-corrected chi connectivity index (χ1v) is 9.12. The zero-order valence-corrected chi connectivity index (χ0v) is 15.3. The minimum atomic E-state index is 0.0152. The van der Waals surface area contributed by atoms with Gasteiger partial charge in [-0.05, 0) is 18.4 Å². The number of hydrogen-bond acceptors (Lipinski definition) is 5. The minimum absolute atomic E-state index is 0.0152. The van der Waals surface area contributed by atoms with Crippen molar-refractivity contribution in [3.63, 3.8) is 0 Å². The van der Waals surface area contributed by atoms with Gasteiger partial charge in [0.25, 0.3) is 5.91 Å². The van der Waals surface area contributed by atoms with E-state index in [4.69, 9.17) is 4.74 Å². The molecule has 0 radical (unpaired) electrons. The van der Waals surface area contributed by atoms with Crippen molar-refractivity contribution in [1.29, 1.82) is 0 Å². The van der Waals surface area contributed by atoms with Crippen LogP contribution in [0.15, 0.2) is 54.9 Å². The summed E-state index contributed by atoms with van der Waals surface area (Å²) in [5.74, 6) is 1.68. The highest BCUT2D eigenvalue weighted by Crippen LogP contribution is 2.25. The number of aromatic nitrogens is 2. The fourth-order valence-corrected chi connectivity index (χ4v) is 3.35. The second-order valence-electron chi connectivity index (χ2n) is 6.65. The number of anilines is 1. The number of fused-ring (bicyclic) bond motifs is 1. The molecular weight excluding hydrogens is 340 g/mol. The number of aryl methyl sites for hydroxylation is 1. The smallest absolute Gasteiger partial charge is 0.260 e. The standard InChI is InChI=1S/C21H22N4O2/c1-16-13-20(23-15-22-16)24-9-11-25(12-10-24)21(26)14-27-19-8-4-6-17-5-2-3-7-18(17)19/h2-8,13,15H,9-12,14H2,1H3. The topological polar surface area (TPSA) is 58.6 Å². The highest BCUT2D eigenvalue weighted by Gasteiger charge is 2.22. The van der Waals surface area contributed by atoms with Crippen LogP contribution in [-0.4, -0.2) is 53.6 Å². The third-order valence-corrected chi connectivity index (χ3v) is 4.85. The Bertz CT molecular complexity index is 946. The fraction of sp³-hybridized carbons (Fsp3) is 0.286. The molecule has 1 aliphatic heterocycles. The van der Waals surface area contributed by atoms with Gasteiger partial charge >= 0.3 is 0 Å². The lowest BCUT2D eigenvalue weighted by atomic mass is 10.1. The zero-order chi connectivity index (χ0) is 18.6. The predicted molar refractivity (Wildman–Crippen MR) is 105 cm³/mol. The van der Waals surface area contributed by atoms with Crippen molar-refractivity contribution in [2.45, 2.75) is 6.92 Å². The maximum Gasteiger partial charge on any atom is 0.260 e. The lowest BCUT2D eigenvalue weighted by Crippen LogP contribution is -2.50. The van der Waals surface area contributed by atoms with Crippen LogP contribution in [0.4, 0.5) is 5.82 Å². The SMILES string of the molecule is Cc1cc(N2CCN(C(=O)COc3cccc4ccccc34)CC2)ncn1. The number of piperazine rings is 1. The Morgan fingerprint density at radius 3 is 2.63 bits per heavy atom. The average molecular weight is 362 g/mol. The van der Waals surface area contributed by atoms with Crippen LogP contribution in [-0.2, 0) is 4.79 Å². The van der Waals surface area contributed by atoms with Gasteiger partial charge in [0.2, 0.25) is 0 Å². The third kappa shape index (κ3) is 3.84. The molecule has 2 heterocycles. The van der Waals surface area contributed by atoms with Crippen LogP contribution in [0, 0.1) is 6.92 Å². The summed E-state index contributed by atoms with van der Waals surface area (Å²) < 4.78 is 5.84. The highest BCUT2D eigenvalue weighted by molar-refractivity contribution is 5.88. The maximum absolute atomic E-state index is 12.6. The van der Waals surface area contributed by atoms with Gasteiger partial charge in [-0.25, -0.2) is 9.97 Å². The van der Waals surface area contributed by atoms with Crippen molar-refractivity contribution in [3.8, 4) is 5.75 Å². The monoisotopic (exact) mass is 362 g/mol. The molecule has 1 aromatic heterocycles. The van der Waals surface area contributed by atoms with Gasteiger partial charge in [0.1, 0.15) is 17.9 Å². The minimum Gasteiger partial charge on any atom is -0.483 e. The first-order valence-electron chi connectivity index (χ1n) is 9.12. The zero-order valence-electron chi connectivity index (χ0n) is 15.3. The molecule has 3 aromatic rings.